The molecule has 3 aliphatic carbocycles. The lowest BCUT2D eigenvalue weighted by Gasteiger charge is -2.49. The van der Waals surface area contributed by atoms with Gasteiger partial charge in [0, 0.05) is 28.1 Å². The molecule has 0 aromatic heterocycles. The minimum absolute atomic E-state index is 0.0633. The molecule has 3 rings (SSSR count). The highest BCUT2D eigenvalue weighted by Gasteiger charge is 2.62. The summed E-state index contributed by atoms with van der Waals surface area (Å²) in [5.41, 5.74) is 0.347. The van der Waals surface area contributed by atoms with Crippen molar-refractivity contribution in [1.82, 2.24) is 0 Å². The molecule has 3 aliphatic rings. The van der Waals surface area contributed by atoms with Crippen molar-refractivity contribution in [1.29, 1.82) is 0 Å². The number of carbonyl (C=O) groups is 3. The first-order chi connectivity index (χ1) is 11.1. The van der Waals surface area contributed by atoms with Gasteiger partial charge in [-0.1, -0.05) is 41.0 Å². The third-order valence-corrected chi connectivity index (χ3v) is 6.49. The highest BCUT2D eigenvalue weighted by molar-refractivity contribution is 6.51. The molecule has 3 atom stereocenters. The van der Waals surface area contributed by atoms with Crippen LogP contribution in [-0.4, -0.2) is 23.0 Å². The molecular weight excluding hydrogens is 304 g/mol. The Morgan fingerprint density at radius 2 is 1.75 bits per heavy atom. The van der Waals surface area contributed by atoms with E-state index in [-0.39, 0.29) is 28.6 Å². The summed E-state index contributed by atoms with van der Waals surface area (Å²) in [6.07, 6.45) is 3.57. The van der Waals surface area contributed by atoms with Crippen LogP contribution in [0.2, 0.25) is 0 Å². The smallest absolute Gasteiger partial charge is 0.233 e. The van der Waals surface area contributed by atoms with Gasteiger partial charge in [0.1, 0.15) is 12.0 Å². The predicted octanol–water partition coefficient (Wildman–Crippen LogP) is 3.56. The fraction of sp³-hybridized carbons (Fsp3) is 0.650. The molecule has 0 aromatic rings. The number of hydrogen-bond acceptors (Lipinski definition) is 4. The molecule has 4 nitrogen and oxygen atoms in total. The summed E-state index contributed by atoms with van der Waals surface area (Å²) < 4.78 is 0. The van der Waals surface area contributed by atoms with Crippen LogP contribution in [-0.2, 0) is 14.4 Å². The lowest BCUT2D eigenvalue weighted by Crippen LogP contribution is -2.45. The number of rotatable bonds is 2. The van der Waals surface area contributed by atoms with E-state index in [2.05, 4.69) is 13.8 Å². The van der Waals surface area contributed by atoms with Crippen LogP contribution in [0.5, 0.6) is 0 Å². The molecule has 0 bridgehead atoms. The molecular formula is C20H26O4. The Morgan fingerprint density at radius 1 is 1.12 bits per heavy atom. The van der Waals surface area contributed by atoms with E-state index < -0.39 is 22.9 Å². The van der Waals surface area contributed by atoms with E-state index in [1.165, 1.54) is 0 Å². The number of carbonyl (C=O) groups excluding carboxylic acids is 3. The maximum absolute atomic E-state index is 12.9. The van der Waals surface area contributed by atoms with E-state index in [1.807, 2.05) is 6.92 Å². The number of aliphatic hydroxyl groups excluding tert-OH is 1. The van der Waals surface area contributed by atoms with Gasteiger partial charge in [0.05, 0.1) is 0 Å². The maximum Gasteiger partial charge on any atom is 0.233 e. The zero-order chi connectivity index (χ0) is 18.0. The van der Waals surface area contributed by atoms with Gasteiger partial charge in [-0.2, -0.15) is 0 Å². The van der Waals surface area contributed by atoms with E-state index in [4.69, 9.17) is 0 Å². The Labute approximate surface area is 143 Å². The van der Waals surface area contributed by atoms with E-state index in [0.717, 1.165) is 25.5 Å². The van der Waals surface area contributed by atoms with Crippen LogP contribution in [0.3, 0.4) is 0 Å². The minimum Gasteiger partial charge on any atom is -0.507 e. The lowest BCUT2D eigenvalue weighted by atomic mass is 9.54. The number of ketones is 2. The highest BCUT2D eigenvalue weighted by atomic mass is 16.3. The average molecular weight is 330 g/mol. The van der Waals surface area contributed by atoms with Gasteiger partial charge in [0.15, 0.2) is 0 Å². The summed E-state index contributed by atoms with van der Waals surface area (Å²) in [4.78, 5) is 37.5. The Balaban J connectivity index is 2.31. The molecule has 0 aliphatic heterocycles. The summed E-state index contributed by atoms with van der Waals surface area (Å²) in [5, 5.41) is 10.8. The summed E-state index contributed by atoms with van der Waals surface area (Å²) in [7, 11) is 0. The van der Waals surface area contributed by atoms with E-state index in [1.54, 1.807) is 13.8 Å². The normalized spacial score (nSPS) is 35.4. The monoisotopic (exact) mass is 330 g/mol. The molecule has 4 heteroatoms. The number of allylic oxidation sites excluding steroid dienone is 3. The maximum atomic E-state index is 12.9. The number of fused-ring (bicyclic) bond motifs is 2. The van der Waals surface area contributed by atoms with Gasteiger partial charge in [-0.3, -0.25) is 9.59 Å². The second-order valence-corrected chi connectivity index (χ2v) is 8.76. The quantitative estimate of drug-likeness (QED) is 0.477. The molecule has 0 spiro atoms. The topological polar surface area (TPSA) is 71.4 Å². The van der Waals surface area contributed by atoms with Crippen LogP contribution >= 0.6 is 0 Å². The van der Waals surface area contributed by atoms with Crippen molar-refractivity contribution in [3.05, 3.63) is 22.5 Å². The van der Waals surface area contributed by atoms with Gasteiger partial charge in [0.25, 0.3) is 0 Å². The van der Waals surface area contributed by atoms with E-state index in [0.29, 0.717) is 11.1 Å². The zero-order valence-electron chi connectivity index (χ0n) is 15.1. The number of Topliss-reactive ketones (excluding diaryl/α,β-unsaturated/α-hetero) is 2. The zero-order valence-corrected chi connectivity index (χ0v) is 15.1. The molecule has 0 saturated heterocycles. The molecule has 0 amide bonds. The number of aldehydes is 1. The van der Waals surface area contributed by atoms with Crippen molar-refractivity contribution >= 4 is 17.9 Å². The Hall–Kier alpha value is -1.71. The first-order valence-corrected chi connectivity index (χ1v) is 8.80. The van der Waals surface area contributed by atoms with Gasteiger partial charge in [-0.05, 0) is 30.1 Å². The fourth-order valence-corrected chi connectivity index (χ4v) is 5.72. The molecule has 130 valence electrons. The van der Waals surface area contributed by atoms with E-state index in [9.17, 15) is 19.5 Å². The largest absolute Gasteiger partial charge is 0.507 e. The van der Waals surface area contributed by atoms with Crippen molar-refractivity contribution in [2.75, 3.05) is 0 Å². The second kappa shape index (κ2) is 5.14. The SMILES string of the molecule is CC(C)C1=C(O)C2=C(C(=O)C1=O)[C@]1(C)CCCC(C)(C)[C@H]1[C@@H]2C=O. The van der Waals surface area contributed by atoms with Crippen LogP contribution in [0, 0.1) is 28.6 Å². The standard InChI is InChI=1S/C20H26O4/c1-10(2)12-15(22)13-11(9-21)18-19(3,4)7-6-8-20(18,5)14(13)17(24)16(12)23/h9-11,18,22H,6-8H2,1-5H3/t11-,18-,20+/m1/s1. The van der Waals surface area contributed by atoms with Gasteiger partial charge in [0.2, 0.25) is 11.6 Å². The highest BCUT2D eigenvalue weighted by Crippen LogP contribution is 2.65. The van der Waals surface area contributed by atoms with Crippen molar-refractivity contribution in [3.8, 4) is 0 Å². The van der Waals surface area contributed by atoms with Crippen LogP contribution in [0.1, 0.15) is 53.9 Å². The molecule has 0 radical (unpaired) electrons. The average Bonchev–Trinajstić information content (AvgIpc) is 2.74. The molecule has 24 heavy (non-hydrogen) atoms. The summed E-state index contributed by atoms with van der Waals surface area (Å²) >= 11 is 0. The van der Waals surface area contributed by atoms with Crippen molar-refractivity contribution in [3.63, 3.8) is 0 Å². The summed E-state index contributed by atoms with van der Waals surface area (Å²) in [5.74, 6) is -2.07. The first-order valence-electron chi connectivity index (χ1n) is 8.80. The van der Waals surface area contributed by atoms with Crippen molar-refractivity contribution in [2.45, 2.75) is 53.9 Å². The molecule has 0 unspecified atom stereocenters. The second-order valence-electron chi connectivity index (χ2n) is 8.76. The summed E-state index contributed by atoms with van der Waals surface area (Å²) in [6.45, 7) is 9.81. The molecule has 1 fully saturated rings. The van der Waals surface area contributed by atoms with E-state index >= 15 is 0 Å². The summed E-state index contributed by atoms with van der Waals surface area (Å²) in [6, 6.07) is 0. The minimum atomic E-state index is -0.601. The predicted molar refractivity (Wildman–Crippen MR) is 90.3 cm³/mol. The fourth-order valence-electron chi connectivity index (χ4n) is 5.72. The first kappa shape index (κ1) is 17.1. The van der Waals surface area contributed by atoms with Crippen molar-refractivity contribution < 1.29 is 19.5 Å². The number of aliphatic hydroxyl groups is 1. The third kappa shape index (κ3) is 1.95. The molecule has 0 heterocycles. The van der Waals surface area contributed by atoms with Gasteiger partial charge in [-0.15, -0.1) is 0 Å². The Kier molecular flexibility index (Phi) is 3.67. The molecule has 1 N–H and O–H groups in total. The van der Waals surface area contributed by atoms with Gasteiger partial charge < -0.3 is 9.90 Å². The third-order valence-electron chi connectivity index (χ3n) is 6.49. The van der Waals surface area contributed by atoms with Gasteiger partial charge >= 0.3 is 0 Å². The van der Waals surface area contributed by atoms with Crippen molar-refractivity contribution in [2.24, 2.45) is 28.6 Å². The Bertz CT molecular complexity index is 707. The van der Waals surface area contributed by atoms with Crippen LogP contribution in [0.25, 0.3) is 0 Å². The van der Waals surface area contributed by atoms with Crippen LogP contribution < -0.4 is 0 Å². The van der Waals surface area contributed by atoms with Crippen LogP contribution in [0.4, 0.5) is 0 Å². The van der Waals surface area contributed by atoms with Crippen LogP contribution in [0.15, 0.2) is 22.5 Å². The molecule has 0 aromatic carbocycles. The Morgan fingerprint density at radius 3 is 2.29 bits per heavy atom. The molecule has 1 saturated carbocycles. The van der Waals surface area contributed by atoms with Gasteiger partial charge in [-0.25, -0.2) is 0 Å². The number of hydrogen-bond donors (Lipinski definition) is 1. The lowest BCUT2D eigenvalue weighted by molar-refractivity contribution is -0.134.